The van der Waals surface area contributed by atoms with Crippen LogP contribution in [0, 0.1) is 13.8 Å². The van der Waals surface area contributed by atoms with Crippen LogP contribution >= 0.6 is 0 Å². The highest BCUT2D eigenvalue weighted by atomic mass is 16.3. The van der Waals surface area contributed by atoms with Gasteiger partial charge in [-0.05, 0) is 26.8 Å². The molecule has 2 N–H and O–H groups in total. The molecule has 2 aromatic rings. The largest absolute Gasteiger partial charge is 0.466 e. The molecule has 0 aliphatic rings. The van der Waals surface area contributed by atoms with Crippen LogP contribution in [-0.4, -0.2) is 9.55 Å². The average molecular weight is 219 g/mol. The lowest BCUT2D eigenvalue weighted by Crippen LogP contribution is -2.17. The minimum absolute atomic E-state index is 0.215. The molecule has 0 aromatic carbocycles. The molecular formula is C12H17N3O. The summed E-state index contributed by atoms with van der Waals surface area (Å²) >= 11 is 0. The van der Waals surface area contributed by atoms with Crippen LogP contribution < -0.4 is 5.73 Å². The van der Waals surface area contributed by atoms with Crippen molar-refractivity contribution in [2.24, 2.45) is 5.73 Å². The molecule has 0 bridgehead atoms. The van der Waals surface area contributed by atoms with Gasteiger partial charge >= 0.3 is 0 Å². The van der Waals surface area contributed by atoms with Crippen LogP contribution in [-0.2, 0) is 6.54 Å². The van der Waals surface area contributed by atoms with Gasteiger partial charge < -0.3 is 14.7 Å². The molecule has 2 aromatic heterocycles. The van der Waals surface area contributed by atoms with Crippen molar-refractivity contribution >= 4 is 0 Å². The molecule has 4 heteroatoms. The van der Waals surface area contributed by atoms with Crippen LogP contribution in [0.5, 0.6) is 0 Å². The van der Waals surface area contributed by atoms with Crippen molar-refractivity contribution in [3.05, 3.63) is 41.4 Å². The Morgan fingerprint density at radius 3 is 2.81 bits per heavy atom. The minimum atomic E-state index is -0.215. The number of aromatic nitrogens is 2. The minimum Gasteiger partial charge on any atom is -0.466 e. The third-order valence-corrected chi connectivity index (χ3v) is 2.78. The third-order valence-electron chi connectivity index (χ3n) is 2.78. The van der Waals surface area contributed by atoms with Gasteiger partial charge in [0.25, 0.3) is 0 Å². The van der Waals surface area contributed by atoms with E-state index in [9.17, 15) is 0 Å². The van der Waals surface area contributed by atoms with Crippen LogP contribution in [0.4, 0.5) is 0 Å². The summed E-state index contributed by atoms with van der Waals surface area (Å²) in [6.07, 6.45) is 3.72. The summed E-state index contributed by atoms with van der Waals surface area (Å²) in [5, 5.41) is 0. The van der Waals surface area contributed by atoms with Crippen LogP contribution in [0.3, 0.4) is 0 Å². The molecule has 86 valence electrons. The first-order valence-electron chi connectivity index (χ1n) is 5.47. The maximum atomic E-state index is 6.21. The average Bonchev–Trinajstić information content (AvgIpc) is 2.83. The van der Waals surface area contributed by atoms with Gasteiger partial charge in [0.05, 0.1) is 6.04 Å². The summed E-state index contributed by atoms with van der Waals surface area (Å²) in [5.41, 5.74) is 7.22. The van der Waals surface area contributed by atoms with E-state index < -0.39 is 0 Å². The van der Waals surface area contributed by atoms with Crippen molar-refractivity contribution in [3.8, 4) is 0 Å². The van der Waals surface area contributed by atoms with E-state index in [1.807, 2.05) is 30.7 Å². The molecule has 0 saturated carbocycles. The van der Waals surface area contributed by atoms with Crippen molar-refractivity contribution in [2.75, 3.05) is 0 Å². The van der Waals surface area contributed by atoms with Gasteiger partial charge in [-0.1, -0.05) is 0 Å². The van der Waals surface area contributed by atoms with E-state index in [-0.39, 0.29) is 6.04 Å². The van der Waals surface area contributed by atoms with Crippen molar-refractivity contribution < 1.29 is 4.42 Å². The lowest BCUT2D eigenvalue weighted by molar-refractivity contribution is 0.498. The zero-order chi connectivity index (χ0) is 11.7. The molecule has 0 saturated heterocycles. The molecule has 0 spiro atoms. The number of nitrogens with zero attached hydrogens (tertiary/aromatic N) is 2. The number of hydrogen-bond acceptors (Lipinski definition) is 3. The molecule has 2 heterocycles. The Bertz CT molecular complexity index is 484. The van der Waals surface area contributed by atoms with Crippen molar-refractivity contribution in [1.29, 1.82) is 0 Å². The third kappa shape index (κ3) is 1.76. The van der Waals surface area contributed by atoms with Crippen LogP contribution in [0.15, 0.2) is 22.9 Å². The van der Waals surface area contributed by atoms with E-state index in [2.05, 4.69) is 11.9 Å². The number of rotatable bonds is 3. The molecule has 0 amide bonds. The Balaban J connectivity index is 2.38. The monoisotopic (exact) mass is 219 g/mol. The first-order valence-corrected chi connectivity index (χ1v) is 5.47. The topological polar surface area (TPSA) is 57.0 Å². The predicted molar refractivity (Wildman–Crippen MR) is 62.1 cm³/mol. The second-order valence-corrected chi connectivity index (χ2v) is 3.92. The van der Waals surface area contributed by atoms with E-state index in [1.165, 1.54) is 0 Å². The zero-order valence-corrected chi connectivity index (χ0v) is 9.90. The maximum Gasteiger partial charge on any atom is 0.130 e. The van der Waals surface area contributed by atoms with Crippen molar-refractivity contribution in [1.82, 2.24) is 9.55 Å². The van der Waals surface area contributed by atoms with Gasteiger partial charge in [-0.25, -0.2) is 4.98 Å². The first-order chi connectivity index (χ1) is 7.63. The first kappa shape index (κ1) is 11.0. The SMILES string of the molecule is CCn1ccnc1C(N)c1cc(C)oc1C. The normalized spacial score (nSPS) is 13.0. The van der Waals surface area contributed by atoms with Gasteiger partial charge in [-0.15, -0.1) is 0 Å². The van der Waals surface area contributed by atoms with Crippen molar-refractivity contribution in [3.63, 3.8) is 0 Å². The van der Waals surface area contributed by atoms with E-state index in [0.29, 0.717) is 0 Å². The zero-order valence-electron chi connectivity index (χ0n) is 9.90. The highest BCUT2D eigenvalue weighted by Crippen LogP contribution is 2.24. The fourth-order valence-corrected chi connectivity index (χ4v) is 1.97. The molecule has 0 aliphatic heterocycles. The molecule has 0 aliphatic carbocycles. The van der Waals surface area contributed by atoms with Gasteiger partial charge in [-0.2, -0.15) is 0 Å². The predicted octanol–water partition coefficient (Wildman–Crippen LogP) is 2.16. The summed E-state index contributed by atoms with van der Waals surface area (Å²) in [6.45, 7) is 6.81. The summed E-state index contributed by atoms with van der Waals surface area (Å²) in [4.78, 5) is 4.31. The van der Waals surface area contributed by atoms with E-state index in [4.69, 9.17) is 10.2 Å². The fraction of sp³-hybridized carbons (Fsp3) is 0.417. The summed E-state index contributed by atoms with van der Waals surface area (Å²) in [7, 11) is 0. The van der Waals surface area contributed by atoms with Crippen molar-refractivity contribution in [2.45, 2.75) is 33.4 Å². The number of aryl methyl sites for hydroxylation is 3. The summed E-state index contributed by atoms with van der Waals surface area (Å²) in [5.74, 6) is 2.64. The van der Waals surface area contributed by atoms with Gasteiger partial charge in [0, 0.05) is 24.5 Å². The Morgan fingerprint density at radius 2 is 2.25 bits per heavy atom. The van der Waals surface area contributed by atoms with E-state index in [1.54, 1.807) is 6.20 Å². The standard InChI is InChI=1S/C12H17N3O/c1-4-15-6-5-14-12(15)11(13)10-7-8(2)16-9(10)3/h5-7,11H,4,13H2,1-3H3. The lowest BCUT2D eigenvalue weighted by atomic mass is 10.1. The lowest BCUT2D eigenvalue weighted by Gasteiger charge is -2.12. The number of imidazole rings is 1. The van der Waals surface area contributed by atoms with E-state index >= 15 is 0 Å². The number of nitrogens with two attached hydrogens (primary N) is 1. The summed E-state index contributed by atoms with van der Waals surface area (Å²) in [6, 6.07) is 1.77. The second-order valence-electron chi connectivity index (χ2n) is 3.92. The van der Waals surface area contributed by atoms with Gasteiger partial charge in [0.15, 0.2) is 0 Å². The molecule has 4 nitrogen and oxygen atoms in total. The molecule has 1 unspecified atom stereocenters. The fourth-order valence-electron chi connectivity index (χ4n) is 1.97. The molecule has 2 rings (SSSR count). The molecule has 0 fully saturated rings. The Morgan fingerprint density at radius 1 is 1.50 bits per heavy atom. The number of furan rings is 1. The number of hydrogen-bond donors (Lipinski definition) is 1. The Labute approximate surface area is 95.1 Å². The Hall–Kier alpha value is -1.55. The van der Waals surface area contributed by atoms with Crippen LogP contribution in [0.2, 0.25) is 0 Å². The smallest absolute Gasteiger partial charge is 0.130 e. The van der Waals surface area contributed by atoms with Gasteiger partial charge in [0.2, 0.25) is 0 Å². The quantitative estimate of drug-likeness (QED) is 0.860. The summed E-state index contributed by atoms with van der Waals surface area (Å²) < 4.78 is 7.54. The van der Waals surface area contributed by atoms with Gasteiger partial charge in [-0.3, -0.25) is 0 Å². The highest BCUT2D eigenvalue weighted by molar-refractivity contribution is 5.28. The van der Waals surface area contributed by atoms with E-state index in [0.717, 1.165) is 29.5 Å². The molecular weight excluding hydrogens is 202 g/mol. The Kier molecular flexibility index (Phi) is 2.83. The molecule has 1 atom stereocenters. The van der Waals surface area contributed by atoms with Gasteiger partial charge in [0.1, 0.15) is 17.3 Å². The second kappa shape index (κ2) is 4.14. The van der Waals surface area contributed by atoms with Crippen LogP contribution in [0.1, 0.15) is 35.9 Å². The van der Waals surface area contributed by atoms with Crippen LogP contribution in [0.25, 0.3) is 0 Å². The highest BCUT2D eigenvalue weighted by Gasteiger charge is 2.18. The molecule has 0 radical (unpaired) electrons. The molecule has 16 heavy (non-hydrogen) atoms. The maximum absolute atomic E-state index is 6.21.